The Kier molecular flexibility index (Phi) is 12.5. The number of nitriles is 3. The van der Waals surface area contributed by atoms with Crippen molar-refractivity contribution in [3.8, 4) is 28.6 Å². The third-order valence-corrected chi connectivity index (χ3v) is 27.1. The zero-order valence-corrected chi connectivity index (χ0v) is 43.1. The van der Waals surface area contributed by atoms with Crippen LogP contribution in [0.5, 0.6) is 0 Å². The smallest absolute Gasteiger partial charge is 0.182 e. The van der Waals surface area contributed by atoms with E-state index in [1.807, 2.05) is 54.7 Å². The number of unbranched alkanes of at least 4 members (excludes halogenated alkanes) is 2. The maximum absolute atomic E-state index is 10.4. The molecule has 9 heteroatoms. The molecule has 0 radical (unpaired) electrons. The van der Waals surface area contributed by atoms with E-state index < -0.39 is 21.7 Å². The molecule has 338 valence electrons. The lowest BCUT2D eigenvalue weighted by Gasteiger charge is -2.32. The highest BCUT2D eigenvalue weighted by molar-refractivity contribution is 7.42. The summed E-state index contributed by atoms with van der Waals surface area (Å²) in [7, 11) is -6.13. The van der Waals surface area contributed by atoms with Crippen molar-refractivity contribution in [2.24, 2.45) is 0 Å². The van der Waals surface area contributed by atoms with Crippen LogP contribution in [0.2, 0.25) is 0 Å². The fourth-order valence-electron chi connectivity index (χ4n) is 11.0. The van der Waals surface area contributed by atoms with Gasteiger partial charge in [-0.1, -0.05) is 166 Å². The number of hydrogen-bond donors (Lipinski definition) is 0. The molecule has 5 aromatic carbocycles. The molecule has 2 aromatic heterocycles. The van der Waals surface area contributed by atoms with E-state index in [1.54, 1.807) is 0 Å². The van der Waals surface area contributed by atoms with E-state index in [9.17, 15) is 15.8 Å². The maximum atomic E-state index is 10.4. The molecular formula is C60H52N4OS2Si2. The number of fused-ring (bicyclic) bond motifs is 4. The van der Waals surface area contributed by atoms with Gasteiger partial charge < -0.3 is 9.64 Å². The van der Waals surface area contributed by atoms with E-state index in [0.29, 0.717) is 5.57 Å². The van der Waals surface area contributed by atoms with E-state index >= 15 is 0 Å². The topological polar surface area (TPSA) is 83.8 Å². The molecule has 0 N–H and O–H groups in total. The molecule has 0 aliphatic carbocycles. The highest BCUT2D eigenvalue weighted by Crippen LogP contribution is 2.54. The van der Waals surface area contributed by atoms with Crippen LogP contribution < -0.4 is 36.0 Å². The highest BCUT2D eigenvalue weighted by atomic mass is 32.1. The highest BCUT2D eigenvalue weighted by Gasteiger charge is 2.63. The zero-order valence-electron chi connectivity index (χ0n) is 39.4. The Morgan fingerprint density at radius 3 is 1.52 bits per heavy atom. The Balaban J connectivity index is 1.26. The van der Waals surface area contributed by atoms with Crippen LogP contribution in [0.25, 0.3) is 26.9 Å². The van der Waals surface area contributed by atoms with Crippen molar-refractivity contribution in [2.75, 3.05) is 18.0 Å². The fraction of sp³-hybridized carbons (Fsp3) is 0.183. The first-order valence-electron chi connectivity index (χ1n) is 23.9. The van der Waals surface area contributed by atoms with Gasteiger partial charge in [0.05, 0.1) is 0 Å². The van der Waals surface area contributed by atoms with Gasteiger partial charge in [0.1, 0.15) is 29.4 Å². The standard InChI is InChI=1S/C60H52N4OS2Si2/c1-5-7-35-64(36-8-6-2)44-31-29-42(30-32-44)52-38-54-57(67-52)59-58(69(54,48-25-17-11-18-26-48)49-27-19-12-20-28-49)56-53(68(59,46-21-13-9-14-22-46)47-23-15-10-16-24-47)37-45(66-56)33-34-51-50(41-63)55(43(39-61)40-62)65-60(51,3)4/h9-34,37-38H,5-8,35-36H2,1-4H3/b34-33+. The van der Waals surface area contributed by atoms with E-state index in [2.05, 4.69) is 189 Å². The van der Waals surface area contributed by atoms with Crippen LogP contribution in [0.15, 0.2) is 186 Å². The molecule has 0 spiro atoms. The Labute approximate surface area is 416 Å². The van der Waals surface area contributed by atoms with Gasteiger partial charge >= 0.3 is 0 Å². The third kappa shape index (κ3) is 7.42. The van der Waals surface area contributed by atoms with Crippen LogP contribution >= 0.6 is 22.7 Å². The number of anilines is 1. The molecule has 69 heavy (non-hydrogen) atoms. The first kappa shape index (κ1) is 45.7. The minimum Gasteiger partial charge on any atom is -0.480 e. The molecule has 3 aliphatic heterocycles. The number of allylic oxidation sites excluding steroid dienone is 2. The number of thiophene rings is 2. The lowest BCUT2D eigenvalue weighted by Crippen LogP contribution is -2.68. The molecule has 0 unspecified atom stereocenters. The Morgan fingerprint density at radius 2 is 1.07 bits per heavy atom. The van der Waals surface area contributed by atoms with E-state index in [1.165, 1.54) is 93.1 Å². The molecule has 7 aromatic rings. The monoisotopic (exact) mass is 964 g/mol. The molecule has 0 fully saturated rings. The average Bonchev–Trinajstić information content (AvgIpc) is 4.19. The molecule has 0 bridgehead atoms. The van der Waals surface area contributed by atoms with Gasteiger partial charge in [0.2, 0.25) is 0 Å². The number of nitrogens with zero attached hydrogens (tertiary/aromatic N) is 4. The van der Waals surface area contributed by atoms with Crippen molar-refractivity contribution in [1.82, 2.24) is 0 Å². The van der Waals surface area contributed by atoms with Crippen LogP contribution in [0.3, 0.4) is 0 Å². The summed E-state index contributed by atoms with van der Waals surface area (Å²) in [5.74, 6) is 0.0463. The zero-order chi connectivity index (χ0) is 47.8. The lowest BCUT2D eigenvalue weighted by molar-refractivity contribution is 0.0954. The summed E-state index contributed by atoms with van der Waals surface area (Å²) in [6.45, 7) is 10.5. The molecule has 5 nitrogen and oxygen atoms in total. The summed E-state index contributed by atoms with van der Waals surface area (Å²) >= 11 is 3.82. The molecule has 10 rings (SSSR count). The predicted molar refractivity (Wildman–Crippen MR) is 293 cm³/mol. The van der Waals surface area contributed by atoms with Gasteiger partial charge in [-0.3, -0.25) is 0 Å². The molecule has 5 heterocycles. The van der Waals surface area contributed by atoms with Crippen molar-refractivity contribution in [1.29, 1.82) is 15.8 Å². The van der Waals surface area contributed by atoms with E-state index in [0.717, 1.165) is 18.0 Å². The normalized spacial score (nSPS) is 15.8. The summed E-state index contributed by atoms with van der Waals surface area (Å²) in [5.41, 5.74) is 2.28. The van der Waals surface area contributed by atoms with Gasteiger partial charge in [0, 0.05) is 43.9 Å². The van der Waals surface area contributed by atoms with Crippen LogP contribution in [-0.2, 0) is 4.74 Å². The van der Waals surface area contributed by atoms with Crippen LogP contribution in [0.1, 0.15) is 68.0 Å². The van der Waals surface area contributed by atoms with E-state index in [4.69, 9.17) is 4.74 Å². The lowest BCUT2D eigenvalue weighted by atomic mass is 9.94. The summed E-state index contributed by atoms with van der Waals surface area (Å²) in [5, 5.41) is 41.3. The second-order valence-corrected chi connectivity index (χ2v) is 28.0. The second-order valence-electron chi connectivity index (χ2n) is 18.5. The molecule has 3 aliphatic rings. The van der Waals surface area contributed by atoms with Gasteiger partial charge in [-0.25, -0.2) is 0 Å². The van der Waals surface area contributed by atoms with Crippen LogP contribution in [0.4, 0.5) is 5.69 Å². The van der Waals surface area contributed by atoms with Crippen LogP contribution in [0, 0.1) is 34.0 Å². The number of ether oxygens (including phenoxy) is 1. The predicted octanol–water partition coefficient (Wildman–Crippen LogP) is 10.8. The minimum atomic E-state index is -3.08. The minimum absolute atomic E-state index is 0.0463. The SMILES string of the molecule is CCCCN(CCCC)c1ccc(-c2cc3c(s2)C2=C(c4sc(/C=C/C5=C(C#N)C(=C(C#N)C#N)OC5(C)C)cc4[Si]2(c2ccccc2)c2ccccc2)[Si]3(c2ccccc2)c2ccccc2)cc1. The number of hydrogen-bond acceptors (Lipinski definition) is 7. The first-order valence-corrected chi connectivity index (χ1v) is 29.6. The van der Waals surface area contributed by atoms with Gasteiger partial charge in [-0.2, -0.15) is 15.8 Å². The average molecular weight is 965 g/mol. The van der Waals surface area contributed by atoms with Crippen molar-refractivity contribution in [3.05, 3.63) is 201 Å². The van der Waals surface area contributed by atoms with Crippen molar-refractivity contribution < 1.29 is 4.74 Å². The van der Waals surface area contributed by atoms with Gasteiger partial charge in [0.15, 0.2) is 27.5 Å². The third-order valence-electron chi connectivity index (χ3n) is 14.1. The van der Waals surface area contributed by atoms with Gasteiger partial charge in [0.25, 0.3) is 0 Å². The van der Waals surface area contributed by atoms with Crippen molar-refractivity contribution in [3.63, 3.8) is 0 Å². The number of benzene rings is 5. The Morgan fingerprint density at radius 1 is 0.609 bits per heavy atom. The van der Waals surface area contributed by atoms with E-state index in [-0.39, 0.29) is 16.9 Å². The summed E-state index contributed by atoms with van der Waals surface area (Å²) in [4.78, 5) is 7.69. The summed E-state index contributed by atoms with van der Waals surface area (Å²) < 4.78 is 6.20. The fourth-order valence-corrected chi connectivity index (χ4v) is 27.2. The largest absolute Gasteiger partial charge is 0.480 e. The summed E-state index contributed by atoms with van der Waals surface area (Å²) in [6, 6.07) is 65.8. The maximum Gasteiger partial charge on any atom is 0.182 e. The number of rotatable bonds is 14. The Hall–Kier alpha value is -7.04. The van der Waals surface area contributed by atoms with Crippen LogP contribution in [-0.4, -0.2) is 34.8 Å². The molecule has 0 saturated carbocycles. The van der Waals surface area contributed by atoms with Crippen molar-refractivity contribution in [2.45, 2.75) is 59.0 Å². The van der Waals surface area contributed by atoms with Gasteiger partial charge in [-0.15, -0.1) is 22.7 Å². The molecule has 0 atom stereocenters. The molecule has 0 saturated heterocycles. The molecule has 0 amide bonds. The quantitative estimate of drug-likeness (QED) is 0.0801. The van der Waals surface area contributed by atoms with Gasteiger partial charge in [-0.05, 0) is 104 Å². The second kappa shape index (κ2) is 18.8. The van der Waals surface area contributed by atoms with Crippen molar-refractivity contribution >= 4 is 92.1 Å². The summed E-state index contributed by atoms with van der Waals surface area (Å²) in [6.07, 6.45) is 8.81. The first-order chi connectivity index (χ1) is 33.8. The Bertz CT molecular complexity index is 3220. The molecular weight excluding hydrogens is 913 g/mol.